The lowest BCUT2D eigenvalue weighted by Gasteiger charge is -2.43. The van der Waals surface area contributed by atoms with E-state index in [4.69, 9.17) is 4.74 Å². The van der Waals surface area contributed by atoms with Gasteiger partial charge in [0, 0.05) is 19.6 Å². The predicted octanol–water partition coefficient (Wildman–Crippen LogP) is 2.67. The van der Waals surface area contributed by atoms with E-state index < -0.39 is 24.4 Å². The van der Waals surface area contributed by atoms with Crippen LogP contribution in [-0.2, 0) is 20.7 Å². The van der Waals surface area contributed by atoms with E-state index in [0.29, 0.717) is 25.6 Å². The van der Waals surface area contributed by atoms with Crippen LogP contribution in [0.15, 0.2) is 24.3 Å². The standard InChI is InChI=1S/C28H45N5O4/c1-18(2)16-32-14-15-33(27(35)25(19(3)4)31-26(34)20(5)29-6)24(17-32)37-28(36)30-23-13-9-11-21-10-7-8-12-22(21)23/h7-8,10,12,18-20,23-25,29H,9,11,13-17H2,1-6H3,(H,30,36)(H,31,34)/t20-,23?,24-,25-/m0/s1. The number of ether oxygens (including phenoxy) is 1. The second kappa shape index (κ2) is 13.2. The van der Waals surface area contributed by atoms with Crippen LogP contribution in [0.1, 0.15) is 64.6 Å². The summed E-state index contributed by atoms with van der Waals surface area (Å²) in [6.07, 6.45) is 1.60. The SMILES string of the molecule is CN[C@@H](C)C(=O)N[C@H](C(=O)N1CCN(CC(C)C)C[C@@H]1OC(=O)NC1CCCc2ccccc21)C(C)C. The van der Waals surface area contributed by atoms with E-state index in [1.54, 1.807) is 18.9 Å². The summed E-state index contributed by atoms with van der Waals surface area (Å²) in [5, 5.41) is 8.86. The van der Waals surface area contributed by atoms with Crippen LogP contribution in [0.2, 0.25) is 0 Å². The molecule has 1 saturated heterocycles. The summed E-state index contributed by atoms with van der Waals surface area (Å²) in [6, 6.07) is 6.94. The number of carbonyl (C=O) groups excluding carboxylic acids is 3. The number of carbonyl (C=O) groups is 3. The van der Waals surface area contributed by atoms with Crippen LogP contribution in [0.25, 0.3) is 0 Å². The zero-order valence-corrected chi connectivity index (χ0v) is 23.3. The number of rotatable bonds is 9. The highest BCUT2D eigenvalue weighted by Crippen LogP contribution is 2.29. The molecule has 2 aliphatic rings. The number of fused-ring (bicyclic) bond motifs is 1. The average molecular weight is 516 g/mol. The van der Waals surface area contributed by atoms with Crippen molar-refractivity contribution in [3.63, 3.8) is 0 Å². The van der Waals surface area contributed by atoms with Gasteiger partial charge in [-0.05, 0) is 56.2 Å². The van der Waals surface area contributed by atoms with E-state index in [1.807, 2.05) is 26.0 Å². The average Bonchev–Trinajstić information content (AvgIpc) is 2.86. The van der Waals surface area contributed by atoms with Crippen molar-refractivity contribution in [3.05, 3.63) is 35.4 Å². The lowest BCUT2D eigenvalue weighted by Crippen LogP contribution is -2.63. The van der Waals surface area contributed by atoms with Gasteiger partial charge in [-0.25, -0.2) is 4.79 Å². The topological polar surface area (TPSA) is 103 Å². The van der Waals surface area contributed by atoms with Crippen LogP contribution in [-0.4, -0.2) is 79.2 Å². The Hall–Kier alpha value is -2.65. The van der Waals surface area contributed by atoms with Gasteiger partial charge in [-0.2, -0.15) is 0 Å². The highest BCUT2D eigenvalue weighted by Gasteiger charge is 2.38. The van der Waals surface area contributed by atoms with Crippen molar-refractivity contribution >= 4 is 17.9 Å². The predicted molar refractivity (Wildman–Crippen MR) is 144 cm³/mol. The molecule has 1 aromatic rings. The zero-order valence-electron chi connectivity index (χ0n) is 23.3. The molecule has 1 aliphatic carbocycles. The van der Waals surface area contributed by atoms with Gasteiger partial charge in [-0.15, -0.1) is 0 Å². The normalized spacial score (nSPS) is 21.8. The minimum atomic E-state index is -0.737. The number of piperazine rings is 1. The summed E-state index contributed by atoms with van der Waals surface area (Å²) in [4.78, 5) is 43.3. The Morgan fingerprint density at radius 3 is 2.49 bits per heavy atom. The molecule has 37 heavy (non-hydrogen) atoms. The number of nitrogens with one attached hydrogen (secondary N) is 3. The number of aryl methyl sites for hydroxylation is 1. The summed E-state index contributed by atoms with van der Waals surface area (Å²) in [5.74, 6) is -0.139. The fraction of sp³-hybridized carbons (Fsp3) is 0.679. The molecule has 0 saturated carbocycles. The maximum Gasteiger partial charge on any atom is 0.409 e. The molecule has 1 aromatic carbocycles. The summed E-state index contributed by atoms with van der Waals surface area (Å²) < 4.78 is 5.95. The molecule has 0 spiro atoms. The third-order valence-electron chi connectivity index (χ3n) is 7.29. The first kappa shape index (κ1) is 28.9. The Morgan fingerprint density at radius 2 is 1.81 bits per heavy atom. The number of likely N-dealkylation sites (N-methyl/N-ethyl adjacent to an activating group) is 1. The molecule has 9 nitrogen and oxygen atoms in total. The summed E-state index contributed by atoms with van der Waals surface area (Å²) in [7, 11) is 1.71. The minimum absolute atomic E-state index is 0.109. The number of alkyl carbamates (subject to hydrolysis) is 1. The molecule has 1 unspecified atom stereocenters. The Bertz CT molecular complexity index is 937. The molecule has 3 amide bonds. The first-order chi connectivity index (χ1) is 17.6. The van der Waals surface area contributed by atoms with Gasteiger partial charge in [-0.3, -0.25) is 14.5 Å². The molecular weight excluding hydrogens is 470 g/mol. The zero-order chi connectivity index (χ0) is 27.1. The lowest BCUT2D eigenvalue weighted by molar-refractivity contribution is -0.153. The molecule has 3 N–H and O–H groups in total. The van der Waals surface area contributed by atoms with Crippen molar-refractivity contribution in [2.45, 2.75) is 78.2 Å². The third-order valence-corrected chi connectivity index (χ3v) is 7.29. The van der Waals surface area contributed by atoms with E-state index in [1.165, 1.54) is 5.56 Å². The van der Waals surface area contributed by atoms with Gasteiger partial charge >= 0.3 is 6.09 Å². The Labute approximate surface area is 221 Å². The highest BCUT2D eigenvalue weighted by molar-refractivity contribution is 5.90. The molecule has 1 fully saturated rings. The first-order valence-electron chi connectivity index (χ1n) is 13.7. The van der Waals surface area contributed by atoms with Gasteiger partial charge in [-0.1, -0.05) is 52.0 Å². The van der Waals surface area contributed by atoms with Gasteiger partial charge in [0.2, 0.25) is 11.8 Å². The van der Waals surface area contributed by atoms with Crippen molar-refractivity contribution in [2.75, 3.05) is 33.2 Å². The molecule has 206 valence electrons. The van der Waals surface area contributed by atoms with E-state index in [9.17, 15) is 14.4 Å². The number of nitrogens with zero attached hydrogens (tertiary/aromatic N) is 2. The quantitative estimate of drug-likeness (QED) is 0.467. The largest absolute Gasteiger partial charge is 0.424 e. The van der Waals surface area contributed by atoms with Crippen molar-refractivity contribution in [2.24, 2.45) is 11.8 Å². The van der Waals surface area contributed by atoms with Gasteiger partial charge in [0.05, 0.1) is 18.6 Å². The minimum Gasteiger partial charge on any atom is -0.424 e. The molecule has 0 radical (unpaired) electrons. The highest BCUT2D eigenvalue weighted by atomic mass is 16.6. The molecule has 4 atom stereocenters. The third kappa shape index (κ3) is 7.68. The molecular formula is C28H45N5O4. The first-order valence-corrected chi connectivity index (χ1v) is 13.7. The van der Waals surface area contributed by atoms with Crippen molar-refractivity contribution in [3.8, 4) is 0 Å². The maximum absolute atomic E-state index is 13.7. The summed E-state index contributed by atoms with van der Waals surface area (Å²) >= 11 is 0. The lowest BCUT2D eigenvalue weighted by atomic mass is 9.88. The maximum atomic E-state index is 13.7. The number of benzene rings is 1. The molecule has 0 aromatic heterocycles. The van der Waals surface area contributed by atoms with Crippen LogP contribution in [0, 0.1) is 11.8 Å². The van der Waals surface area contributed by atoms with Crippen molar-refractivity contribution in [1.29, 1.82) is 0 Å². The molecule has 0 bridgehead atoms. The van der Waals surface area contributed by atoms with Gasteiger partial charge < -0.3 is 25.6 Å². The van der Waals surface area contributed by atoms with E-state index in [-0.39, 0.29) is 23.8 Å². The smallest absolute Gasteiger partial charge is 0.409 e. The Balaban J connectivity index is 1.75. The summed E-state index contributed by atoms with van der Waals surface area (Å²) in [5.41, 5.74) is 2.38. The fourth-order valence-corrected chi connectivity index (χ4v) is 5.14. The van der Waals surface area contributed by atoms with E-state index in [0.717, 1.165) is 31.4 Å². The van der Waals surface area contributed by atoms with E-state index in [2.05, 4.69) is 46.8 Å². The summed E-state index contributed by atoms with van der Waals surface area (Å²) in [6.45, 7) is 12.3. The molecule has 1 heterocycles. The van der Waals surface area contributed by atoms with Crippen LogP contribution in [0.5, 0.6) is 0 Å². The number of hydrogen-bond donors (Lipinski definition) is 3. The van der Waals surface area contributed by atoms with E-state index >= 15 is 0 Å². The van der Waals surface area contributed by atoms with Gasteiger partial charge in [0.25, 0.3) is 0 Å². The Morgan fingerprint density at radius 1 is 1.08 bits per heavy atom. The van der Waals surface area contributed by atoms with Gasteiger partial charge in [0.1, 0.15) is 6.04 Å². The molecule has 9 heteroatoms. The second-order valence-corrected chi connectivity index (χ2v) is 11.1. The van der Waals surface area contributed by atoms with Crippen molar-refractivity contribution in [1.82, 2.24) is 25.8 Å². The molecule has 1 aliphatic heterocycles. The second-order valence-electron chi connectivity index (χ2n) is 11.1. The van der Waals surface area contributed by atoms with Gasteiger partial charge in [0.15, 0.2) is 6.23 Å². The van der Waals surface area contributed by atoms with Crippen LogP contribution in [0.3, 0.4) is 0 Å². The van der Waals surface area contributed by atoms with Crippen LogP contribution in [0.4, 0.5) is 4.79 Å². The monoisotopic (exact) mass is 515 g/mol. The van der Waals surface area contributed by atoms with Crippen LogP contribution >= 0.6 is 0 Å². The molecule has 3 rings (SSSR count). The number of amides is 3. The fourth-order valence-electron chi connectivity index (χ4n) is 5.14. The Kier molecular flexibility index (Phi) is 10.3. The number of hydrogen-bond acceptors (Lipinski definition) is 6. The van der Waals surface area contributed by atoms with Crippen molar-refractivity contribution < 1.29 is 19.1 Å². The van der Waals surface area contributed by atoms with Crippen LogP contribution < -0.4 is 16.0 Å².